The summed E-state index contributed by atoms with van der Waals surface area (Å²) in [6, 6.07) is 20.5. The van der Waals surface area contributed by atoms with Crippen LogP contribution < -0.4 is 10.1 Å². The Morgan fingerprint density at radius 2 is 1.79 bits per heavy atom. The van der Waals surface area contributed by atoms with Crippen LogP contribution in [0, 0.1) is 6.92 Å². The zero-order valence-electron chi connectivity index (χ0n) is 15.7. The van der Waals surface area contributed by atoms with Crippen LogP contribution in [-0.4, -0.2) is 22.5 Å². The van der Waals surface area contributed by atoms with Crippen molar-refractivity contribution in [1.29, 1.82) is 0 Å². The number of amides is 1. The lowest BCUT2D eigenvalue weighted by Gasteiger charge is -2.10. The van der Waals surface area contributed by atoms with Gasteiger partial charge in [0.15, 0.2) is 6.61 Å². The predicted octanol–water partition coefficient (Wildman–Crippen LogP) is 5.28. The first kappa shape index (κ1) is 18.9. The van der Waals surface area contributed by atoms with Gasteiger partial charge in [0.25, 0.3) is 5.91 Å². The molecule has 6 heteroatoms. The van der Waals surface area contributed by atoms with Gasteiger partial charge in [0, 0.05) is 16.3 Å². The summed E-state index contributed by atoms with van der Waals surface area (Å²) in [5.74, 6) is 0.366. The summed E-state index contributed by atoms with van der Waals surface area (Å²) in [5, 5.41) is 3.45. The summed E-state index contributed by atoms with van der Waals surface area (Å²) in [4.78, 5) is 21.2. The number of anilines is 1. The fraction of sp³-hybridized carbons (Fsp3) is 0.0870. The van der Waals surface area contributed by atoms with Crippen LogP contribution in [0.5, 0.6) is 5.75 Å². The number of carbonyl (C=O) groups excluding carboxylic acids is 1. The molecule has 0 spiro atoms. The van der Waals surface area contributed by atoms with Crippen LogP contribution >= 0.6 is 11.6 Å². The van der Waals surface area contributed by atoms with Gasteiger partial charge in [0.1, 0.15) is 5.75 Å². The number of carbonyl (C=O) groups is 1. The quantitative estimate of drug-likeness (QED) is 0.492. The molecule has 0 aliphatic heterocycles. The second-order valence-electron chi connectivity index (χ2n) is 6.56. The summed E-state index contributed by atoms with van der Waals surface area (Å²) in [7, 11) is 0. The fourth-order valence-corrected chi connectivity index (χ4v) is 3.15. The van der Waals surface area contributed by atoms with E-state index in [2.05, 4.69) is 15.3 Å². The topological polar surface area (TPSA) is 64.1 Å². The second kappa shape index (κ2) is 8.29. The highest BCUT2D eigenvalue weighted by Crippen LogP contribution is 2.23. The van der Waals surface area contributed by atoms with Gasteiger partial charge >= 0.3 is 0 Å². The molecule has 0 aliphatic rings. The van der Waals surface area contributed by atoms with E-state index in [4.69, 9.17) is 16.3 Å². The van der Waals surface area contributed by atoms with Crippen molar-refractivity contribution in [3.8, 4) is 17.0 Å². The van der Waals surface area contributed by atoms with Gasteiger partial charge in [-0.2, -0.15) is 0 Å². The third kappa shape index (κ3) is 4.52. The van der Waals surface area contributed by atoms with E-state index in [1.807, 2.05) is 55.5 Å². The molecule has 4 rings (SSSR count). The van der Waals surface area contributed by atoms with Crippen molar-refractivity contribution in [2.75, 3.05) is 11.9 Å². The molecular formula is C23H18ClN3O2. The lowest BCUT2D eigenvalue weighted by Crippen LogP contribution is -2.20. The first-order valence-corrected chi connectivity index (χ1v) is 9.47. The van der Waals surface area contributed by atoms with Crippen LogP contribution in [0.2, 0.25) is 5.02 Å². The standard InChI is InChI=1S/C23H18ClN3O2/c1-15-12-17(24)8-11-19(15)27-23(28)14-29-18-9-6-16(7-10-18)22-13-25-20-4-2-3-5-21(20)26-22/h2-13H,14H2,1H3,(H,27,28). The van der Waals surface area contributed by atoms with E-state index in [1.54, 1.807) is 24.4 Å². The highest BCUT2D eigenvalue weighted by Gasteiger charge is 2.07. The Hall–Kier alpha value is -3.44. The Morgan fingerprint density at radius 3 is 2.55 bits per heavy atom. The van der Waals surface area contributed by atoms with Crippen LogP contribution in [0.3, 0.4) is 0 Å². The summed E-state index contributed by atoms with van der Waals surface area (Å²) >= 11 is 5.93. The van der Waals surface area contributed by atoms with Gasteiger partial charge in [-0.3, -0.25) is 9.78 Å². The van der Waals surface area contributed by atoms with E-state index in [-0.39, 0.29) is 12.5 Å². The average molecular weight is 404 g/mol. The third-order valence-electron chi connectivity index (χ3n) is 4.43. The average Bonchev–Trinajstić information content (AvgIpc) is 2.74. The van der Waals surface area contributed by atoms with Gasteiger partial charge in [-0.15, -0.1) is 0 Å². The number of halogens is 1. The minimum absolute atomic E-state index is 0.0861. The van der Waals surface area contributed by atoms with Crippen LogP contribution in [0.15, 0.2) is 72.9 Å². The van der Waals surface area contributed by atoms with E-state index in [0.717, 1.165) is 27.9 Å². The van der Waals surface area contributed by atoms with E-state index in [9.17, 15) is 4.79 Å². The number of ether oxygens (including phenoxy) is 1. The van der Waals surface area contributed by atoms with Crippen molar-refractivity contribution >= 4 is 34.2 Å². The Kier molecular flexibility index (Phi) is 5.40. The molecule has 0 aliphatic carbocycles. The highest BCUT2D eigenvalue weighted by atomic mass is 35.5. The lowest BCUT2D eigenvalue weighted by molar-refractivity contribution is -0.118. The summed E-state index contributed by atoms with van der Waals surface area (Å²) in [6.07, 6.45) is 1.75. The number of aromatic nitrogens is 2. The van der Waals surface area contributed by atoms with Crippen LogP contribution in [0.1, 0.15) is 5.56 Å². The van der Waals surface area contributed by atoms with Gasteiger partial charge < -0.3 is 10.1 Å². The first-order chi connectivity index (χ1) is 14.1. The maximum absolute atomic E-state index is 12.1. The monoisotopic (exact) mass is 403 g/mol. The van der Waals surface area contributed by atoms with Crippen molar-refractivity contribution in [2.45, 2.75) is 6.92 Å². The Bertz CT molecular complexity index is 1180. The zero-order valence-corrected chi connectivity index (χ0v) is 16.5. The molecule has 1 amide bonds. The van der Waals surface area contributed by atoms with Crippen molar-refractivity contribution in [2.24, 2.45) is 0 Å². The van der Waals surface area contributed by atoms with Crippen LogP contribution in [-0.2, 0) is 4.79 Å². The molecule has 5 nitrogen and oxygen atoms in total. The lowest BCUT2D eigenvalue weighted by atomic mass is 10.1. The summed E-state index contributed by atoms with van der Waals surface area (Å²) < 4.78 is 5.59. The van der Waals surface area contributed by atoms with Crippen molar-refractivity contribution in [3.63, 3.8) is 0 Å². The van der Waals surface area contributed by atoms with Crippen LogP contribution in [0.25, 0.3) is 22.3 Å². The van der Waals surface area contributed by atoms with Crippen molar-refractivity contribution < 1.29 is 9.53 Å². The maximum atomic E-state index is 12.1. The van der Waals surface area contributed by atoms with Gasteiger partial charge in [-0.25, -0.2) is 4.98 Å². The second-order valence-corrected chi connectivity index (χ2v) is 7.00. The number of hydrogen-bond acceptors (Lipinski definition) is 4. The smallest absolute Gasteiger partial charge is 0.262 e. The predicted molar refractivity (Wildman–Crippen MR) is 115 cm³/mol. The van der Waals surface area contributed by atoms with E-state index in [0.29, 0.717) is 16.5 Å². The number of benzene rings is 3. The SMILES string of the molecule is Cc1cc(Cl)ccc1NC(=O)COc1ccc(-c2cnc3ccccc3n2)cc1. The van der Waals surface area contributed by atoms with Gasteiger partial charge in [0.05, 0.1) is 22.9 Å². The van der Waals surface area contributed by atoms with E-state index >= 15 is 0 Å². The Labute approximate surface area is 173 Å². The largest absolute Gasteiger partial charge is 0.484 e. The molecule has 144 valence electrons. The minimum Gasteiger partial charge on any atom is -0.484 e. The number of hydrogen-bond donors (Lipinski definition) is 1. The third-order valence-corrected chi connectivity index (χ3v) is 4.67. The van der Waals surface area contributed by atoms with Crippen LogP contribution in [0.4, 0.5) is 5.69 Å². The maximum Gasteiger partial charge on any atom is 0.262 e. The zero-order chi connectivity index (χ0) is 20.2. The molecule has 0 radical (unpaired) electrons. The van der Waals surface area contributed by atoms with E-state index < -0.39 is 0 Å². The highest BCUT2D eigenvalue weighted by molar-refractivity contribution is 6.30. The van der Waals surface area contributed by atoms with Gasteiger partial charge in [-0.1, -0.05) is 23.7 Å². The molecule has 0 fully saturated rings. The molecule has 1 aromatic heterocycles. The number of rotatable bonds is 5. The molecule has 1 heterocycles. The molecule has 0 unspecified atom stereocenters. The minimum atomic E-state index is -0.236. The number of aryl methyl sites for hydroxylation is 1. The summed E-state index contributed by atoms with van der Waals surface area (Å²) in [6.45, 7) is 1.80. The Balaban J connectivity index is 1.39. The fourth-order valence-electron chi connectivity index (χ4n) is 2.92. The molecule has 0 bridgehead atoms. The number of para-hydroxylation sites is 2. The van der Waals surface area contributed by atoms with Gasteiger partial charge in [0.2, 0.25) is 0 Å². The molecule has 3 aromatic carbocycles. The molecule has 1 N–H and O–H groups in total. The molecule has 0 saturated carbocycles. The number of nitrogens with one attached hydrogen (secondary N) is 1. The number of nitrogens with zero attached hydrogens (tertiary/aromatic N) is 2. The molecule has 0 saturated heterocycles. The molecule has 4 aromatic rings. The van der Waals surface area contributed by atoms with E-state index in [1.165, 1.54) is 0 Å². The number of fused-ring (bicyclic) bond motifs is 1. The van der Waals surface area contributed by atoms with Crippen molar-refractivity contribution in [3.05, 3.63) is 83.5 Å². The molecule has 29 heavy (non-hydrogen) atoms. The summed E-state index contributed by atoms with van der Waals surface area (Å²) in [5.41, 5.74) is 5.03. The van der Waals surface area contributed by atoms with Gasteiger partial charge in [-0.05, 0) is 67.1 Å². The normalized spacial score (nSPS) is 10.7. The molecular weight excluding hydrogens is 386 g/mol. The van der Waals surface area contributed by atoms with Crippen molar-refractivity contribution in [1.82, 2.24) is 9.97 Å². The molecule has 0 atom stereocenters. The Morgan fingerprint density at radius 1 is 1.03 bits per heavy atom. The first-order valence-electron chi connectivity index (χ1n) is 9.09.